The summed E-state index contributed by atoms with van der Waals surface area (Å²) in [7, 11) is 0. The number of hydrogen-bond donors (Lipinski definition) is 1. The van der Waals surface area contributed by atoms with Gasteiger partial charge in [-0.15, -0.1) is 0 Å². The molecule has 2 unspecified atom stereocenters. The smallest absolute Gasteiger partial charge is 0.481 e. The highest BCUT2D eigenvalue weighted by molar-refractivity contribution is 5.81. The summed E-state index contributed by atoms with van der Waals surface area (Å²) in [5, 5.41) is 9.93. The Balaban J connectivity index is 2.96. The molecule has 1 N–H and O–H groups in total. The summed E-state index contributed by atoms with van der Waals surface area (Å²) in [5.74, 6) is -4.09. The number of carboxylic acid groups (broad SMARTS) is 1. The molecule has 0 aliphatic heterocycles. The predicted octanol–water partition coefficient (Wildman–Crippen LogP) is 4.68. The maximum atomic E-state index is 12.4. The van der Waals surface area contributed by atoms with Crippen LogP contribution in [0.25, 0.3) is 0 Å². The van der Waals surface area contributed by atoms with Crippen LogP contribution < -0.4 is 0 Å². The van der Waals surface area contributed by atoms with Crippen molar-refractivity contribution in [3.63, 3.8) is 0 Å². The molecule has 0 amide bonds. The van der Waals surface area contributed by atoms with Gasteiger partial charge in [0.05, 0.1) is 24.5 Å². The molecule has 0 bridgehead atoms. The first kappa shape index (κ1) is 27.5. The van der Waals surface area contributed by atoms with E-state index in [1.165, 1.54) is 0 Å². The Bertz CT molecular complexity index is 818. The van der Waals surface area contributed by atoms with E-state index in [4.69, 9.17) is 4.74 Å². The van der Waals surface area contributed by atoms with E-state index in [-0.39, 0.29) is 25.4 Å². The van der Waals surface area contributed by atoms with Crippen LogP contribution in [-0.4, -0.2) is 42.4 Å². The van der Waals surface area contributed by atoms with Crippen LogP contribution in [0.3, 0.4) is 0 Å². The number of halogens is 3. The van der Waals surface area contributed by atoms with E-state index in [2.05, 4.69) is 4.74 Å². The lowest BCUT2D eigenvalue weighted by Gasteiger charge is -2.31. The fourth-order valence-corrected chi connectivity index (χ4v) is 3.14. The molecular weight excluding hydrogens is 429 g/mol. The molecular formula is C23H31F3O6. The molecule has 180 valence electrons. The van der Waals surface area contributed by atoms with Crippen LogP contribution in [0.4, 0.5) is 13.2 Å². The molecule has 0 radical (unpaired) electrons. The number of carbonyl (C=O) groups is 3. The van der Waals surface area contributed by atoms with Gasteiger partial charge in [0.25, 0.3) is 0 Å². The predicted molar refractivity (Wildman–Crippen MR) is 111 cm³/mol. The van der Waals surface area contributed by atoms with Crippen molar-refractivity contribution in [3.05, 3.63) is 35.4 Å². The summed E-state index contributed by atoms with van der Waals surface area (Å²) >= 11 is 0. The minimum absolute atomic E-state index is 0.107. The Labute approximate surface area is 186 Å². The summed E-state index contributed by atoms with van der Waals surface area (Å²) in [6, 6.07) is 6.89. The van der Waals surface area contributed by atoms with Gasteiger partial charge in [-0.25, -0.2) is 4.79 Å². The number of carbonyl (C=O) groups excluding carboxylic acids is 2. The van der Waals surface area contributed by atoms with Crippen molar-refractivity contribution < 1.29 is 42.1 Å². The van der Waals surface area contributed by atoms with Crippen LogP contribution in [0.1, 0.15) is 58.6 Å². The molecule has 1 rings (SSSR count). The Morgan fingerprint density at radius 1 is 1.06 bits per heavy atom. The highest BCUT2D eigenvalue weighted by atomic mass is 19.4. The van der Waals surface area contributed by atoms with E-state index < -0.39 is 41.5 Å². The lowest BCUT2D eigenvalue weighted by molar-refractivity contribution is -0.202. The number of ether oxygens (including phenoxy) is 2. The second-order valence-electron chi connectivity index (χ2n) is 8.93. The van der Waals surface area contributed by atoms with Crippen LogP contribution in [0.2, 0.25) is 0 Å². The van der Waals surface area contributed by atoms with Gasteiger partial charge in [0.15, 0.2) is 0 Å². The van der Waals surface area contributed by atoms with Crippen LogP contribution in [-0.2, 0) is 35.7 Å². The molecule has 1 aromatic rings. The third-order valence-electron chi connectivity index (χ3n) is 5.39. The standard InChI is InChI=1S/C23H31F3O6/c1-6-31-18(27)15(2)12-16-8-7-9-17(13-16)22(5,19(28)29)11-10-21(3,4)14-32-20(30)23(24,25)26/h7-9,13,15H,6,10-12,14H2,1-5H3,(H,28,29). The number of alkyl halides is 3. The van der Waals surface area contributed by atoms with Crippen molar-refractivity contribution in [2.75, 3.05) is 13.2 Å². The zero-order valence-corrected chi connectivity index (χ0v) is 19.0. The molecule has 2 atom stereocenters. The zero-order chi connectivity index (χ0) is 24.7. The second kappa shape index (κ2) is 10.8. The molecule has 1 aromatic carbocycles. The molecule has 0 aliphatic carbocycles. The molecule has 9 heteroatoms. The molecule has 0 saturated carbocycles. The molecule has 0 heterocycles. The van der Waals surface area contributed by atoms with Gasteiger partial charge in [0.1, 0.15) is 0 Å². The van der Waals surface area contributed by atoms with Crippen LogP contribution in [0.15, 0.2) is 24.3 Å². The monoisotopic (exact) mass is 460 g/mol. The number of benzene rings is 1. The number of esters is 2. The number of aliphatic carboxylic acids is 1. The van der Waals surface area contributed by atoms with Crippen LogP contribution in [0, 0.1) is 11.3 Å². The van der Waals surface area contributed by atoms with E-state index in [0.717, 1.165) is 5.56 Å². The third kappa shape index (κ3) is 7.84. The highest BCUT2D eigenvalue weighted by Crippen LogP contribution is 2.36. The van der Waals surface area contributed by atoms with Crippen molar-refractivity contribution in [3.8, 4) is 0 Å². The van der Waals surface area contributed by atoms with Crippen molar-refractivity contribution >= 4 is 17.9 Å². The van der Waals surface area contributed by atoms with Gasteiger partial charge in [0, 0.05) is 0 Å². The largest absolute Gasteiger partial charge is 0.490 e. The Hall–Kier alpha value is -2.58. The van der Waals surface area contributed by atoms with Gasteiger partial charge in [0.2, 0.25) is 0 Å². The molecule has 0 fully saturated rings. The molecule has 6 nitrogen and oxygen atoms in total. The van der Waals surface area contributed by atoms with E-state index in [1.54, 1.807) is 58.9 Å². The molecule has 0 aromatic heterocycles. The van der Waals surface area contributed by atoms with Gasteiger partial charge in [-0.3, -0.25) is 9.59 Å². The average molecular weight is 460 g/mol. The lowest BCUT2D eigenvalue weighted by atomic mass is 9.73. The summed E-state index contributed by atoms with van der Waals surface area (Å²) in [6.45, 7) is 7.99. The summed E-state index contributed by atoms with van der Waals surface area (Å²) < 4.78 is 46.5. The average Bonchev–Trinajstić information content (AvgIpc) is 2.69. The quantitative estimate of drug-likeness (QED) is 0.482. The molecule has 0 saturated heterocycles. The van der Waals surface area contributed by atoms with Gasteiger partial charge in [-0.2, -0.15) is 13.2 Å². The van der Waals surface area contributed by atoms with Gasteiger partial charge < -0.3 is 14.6 Å². The first-order valence-corrected chi connectivity index (χ1v) is 10.4. The van der Waals surface area contributed by atoms with Crippen molar-refractivity contribution in [2.45, 2.75) is 65.5 Å². The maximum absolute atomic E-state index is 12.4. The fraction of sp³-hybridized carbons (Fsp3) is 0.609. The van der Waals surface area contributed by atoms with Crippen LogP contribution in [0.5, 0.6) is 0 Å². The minimum atomic E-state index is -5.08. The summed E-state index contributed by atoms with van der Waals surface area (Å²) in [4.78, 5) is 35.0. The van der Waals surface area contributed by atoms with E-state index >= 15 is 0 Å². The molecule has 0 spiro atoms. The first-order chi connectivity index (χ1) is 14.6. The Kier molecular flexibility index (Phi) is 9.29. The second-order valence-corrected chi connectivity index (χ2v) is 8.93. The summed E-state index contributed by atoms with van der Waals surface area (Å²) in [5.41, 5.74) is -0.905. The van der Waals surface area contributed by atoms with Crippen molar-refractivity contribution in [1.29, 1.82) is 0 Å². The normalized spacial score (nSPS) is 14.9. The molecule has 32 heavy (non-hydrogen) atoms. The first-order valence-electron chi connectivity index (χ1n) is 10.4. The van der Waals surface area contributed by atoms with E-state index in [1.807, 2.05) is 0 Å². The SMILES string of the molecule is CCOC(=O)C(C)Cc1cccc(C(C)(CCC(C)(C)COC(=O)C(F)(F)F)C(=O)O)c1. The highest BCUT2D eigenvalue weighted by Gasteiger charge is 2.42. The number of hydrogen-bond acceptors (Lipinski definition) is 5. The lowest BCUT2D eigenvalue weighted by Crippen LogP contribution is -2.35. The van der Waals surface area contributed by atoms with Gasteiger partial charge in [-0.05, 0) is 49.7 Å². The van der Waals surface area contributed by atoms with E-state index in [0.29, 0.717) is 12.0 Å². The molecule has 0 aliphatic rings. The van der Waals surface area contributed by atoms with Crippen molar-refractivity contribution in [1.82, 2.24) is 0 Å². The van der Waals surface area contributed by atoms with Crippen LogP contribution >= 0.6 is 0 Å². The van der Waals surface area contributed by atoms with E-state index in [9.17, 15) is 32.7 Å². The Morgan fingerprint density at radius 2 is 1.69 bits per heavy atom. The van der Waals surface area contributed by atoms with Gasteiger partial charge in [-0.1, -0.05) is 45.0 Å². The number of rotatable bonds is 11. The Morgan fingerprint density at radius 3 is 2.22 bits per heavy atom. The zero-order valence-electron chi connectivity index (χ0n) is 19.0. The third-order valence-corrected chi connectivity index (χ3v) is 5.39. The van der Waals surface area contributed by atoms with Gasteiger partial charge >= 0.3 is 24.1 Å². The number of carboxylic acids is 1. The van der Waals surface area contributed by atoms with Crippen molar-refractivity contribution in [2.24, 2.45) is 11.3 Å². The topological polar surface area (TPSA) is 89.9 Å². The minimum Gasteiger partial charge on any atom is -0.481 e. The maximum Gasteiger partial charge on any atom is 0.490 e. The fourth-order valence-electron chi connectivity index (χ4n) is 3.14. The summed E-state index contributed by atoms with van der Waals surface area (Å²) in [6.07, 6.45) is -4.39.